The quantitative estimate of drug-likeness (QED) is 0.174. The zero-order valence-corrected chi connectivity index (χ0v) is 27.6. The van der Waals surface area contributed by atoms with Crippen LogP contribution < -0.4 is 0 Å². The van der Waals surface area contributed by atoms with Gasteiger partial charge in [-0.3, -0.25) is 4.98 Å². The Hall–Kier alpha value is -6.91. The van der Waals surface area contributed by atoms with Gasteiger partial charge in [0, 0.05) is 17.8 Å². The number of hydrogen-bond acceptors (Lipinski definition) is 3. The van der Waals surface area contributed by atoms with Gasteiger partial charge in [-0.1, -0.05) is 133 Å². The number of benzene rings is 8. The lowest BCUT2D eigenvalue weighted by Crippen LogP contribution is -1.98. The molecule has 10 rings (SSSR count). The molecule has 238 valence electrons. The van der Waals surface area contributed by atoms with Gasteiger partial charge in [-0.25, -0.2) is 0 Å². The smallest absolute Gasteiger partial charge is 0.121 e. The summed E-state index contributed by atoms with van der Waals surface area (Å²) in [5, 5.41) is 17.2. The first-order chi connectivity index (χ1) is 25.3. The number of pyridine rings is 1. The molecule has 0 atom stereocenters. The second kappa shape index (κ2) is 11.9. The van der Waals surface area contributed by atoms with Crippen molar-refractivity contribution in [2.24, 2.45) is 0 Å². The molecule has 2 heterocycles. The highest BCUT2D eigenvalue weighted by Crippen LogP contribution is 2.45. The molecule has 51 heavy (non-hydrogen) atoms. The minimum absolute atomic E-state index is 0.855. The maximum Gasteiger partial charge on any atom is 0.121 e. The van der Waals surface area contributed by atoms with Gasteiger partial charge >= 0.3 is 0 Å². The molecule has 0 aliphatic heterocycles. The summed E-state index contributed by atoms with van der Waals surface area (Å²) < 4.78 is 0. The summed E-state index contributed by atoms with van der Waals surface area (Å²) in [5.41, 5.74) is 12.1. The molecule has 0 fully saturated rings. The van der Waals surface area contributed by atoms with Gasteiger partial charge < -0.3 is 0 Å². The molecule has 0 bridgehead atoms. The van der Waals surface area contributed by atoms with Crippen LogP contribution in [0, 0.1) is 0 Å². The summed E-state index contributed by atoms with van der Waals surface area (Å²) in [6.07, 6.45) is 3.63. The molecule has 0 aliphatic carbocycles. The van der Waals surface area contributed by atoms with Gasteiger partial charge in [0.1, 0.15) is 11.0 Å². The standard InChI is InChI=1S/C47H30N4/c1-3-11-33(12-4-1)45-38-16-8-9-17-39(38)46(34-13-5-2-6-14-34)43-29-35(21-24-40(43)45)42-30-44-47(41-18-10-7-15-37(41)42)50-51(49-44)36-22-19-31(20-23-36)32-25-27-48-28-26-32/h1-30H. The van der Waals surface area contributed by atoms with Crippen molar-refractivity contribution >= 4 is 43.4 Å². The maximum absolute atomic E-state index is 5.04. The van der Waals surface area contributed by atoms with Crippen molar-refractivity contribution in [2.45, 2.75) is 0 Å². The number of hydrogen-bond donors (Lipinski definition) is 0. The van der Waals surface area contributed by atoms with Crippen molar-refractivity contribution < 1.29 is 0 Å². The molecule has 0 saturated heterocycles. The lowest BCUT2D eigenvalue weighted by molar-refractivity contribution is 0.766. The molecule has 8 aromatic carbocycles. The van der Waals surface area contributed by atoms with E-state index in [0.29, 0.717) is 0 Å². The molecule has 0 saturated carbocycles. The van der Waals surface area contributed by atoms with Gasteiger partial charge in [0.25, 0.3) is 0 Å². The van der Waals surface area contributed by atoms with E-state index < -0.39 is 0 Å². The Labute approximate surface area is 294 Å². The van der Waals surface area contributed by atoms with E-state index >= 15 is 0 Å². The second-order valence-corrected chi connectivity index (χ2v) is 12.9. The van der Waals surface area contributed by atoms with E-state index in [9.17, 15) is 0 Å². The van der Waals surface area contributed by atoms with E-state index in [1.165, 1.54) is 43.8 Å². The summed E-state index contributed by atoms with van der Waals surface area (Å²) >= 11 is 0. The van der Waals surface area contributed by atoms with Gasteiger partial charge in [-0.15, -0.1) is 10.2 Å². The van der Waals surface area contributed by atoms with Crippen LogP contribution >= 0.6 is 0 Å². The largest absolute Gasteiger partial charge is 0.265 e. The highest BCUT2D eigenvalue weighted by atomic mass is 15.5. The van der Waals surface area contributed by atoms with Gasteiger partial charge in [-0.2, -0.15) is 4.80 Å². The third-order valence-corrected chi connectivity index (χ3v) is 9.97. The summed E-state index contributed by atoms with van der Waals surface area (Å²) in [5.74, 6) is 0. The van der Waals surface area contributed by atoms with Crippen molar-refractivity contribution in [1.82, 2.24) is 20.0 Å². The molecule has 0 N–H and O–H groups in total. The molecule has 0 spiro atoms. The molecule has 10 aromatic rings. The van der Waals surface area contributed by atoms with E-state index in [-0.39, 0.29) is 0 Å². The van der Waals surface area contributed by atoms with E-state index in [4.69, 9.17) is 10.2 Å². The van der Waals surface area contributed by atoms with Gasteiger partial charge in [0.15, 0.2) is 0 Å². The van der Waals surface area contributed by atoms with Crippen LogP contribution in [0.3, 0.4) is 0 Å². The maximum atomic E-state index is 5.04. The fourth-order valence-corrected chi connectivity index (χ4v) is 7.61. The highest BCUT2D eigenvalue weighted by Gasteiger charge is 2.19. The molecule has 0 unspecified atom stereocenters. The summed E-state index contributed by atoms with van der Waals surface area (Å²) in [6.45, 7) is 0. The van der Waals surface area contributed by atoms with Crippen LogP contribution in [-0.2, 0) is 0 Å². The fourth-order valence-electron chi connectivity index (χ4n) is 7.61. The van der Waals surface area contributed by atoms with Crippen LogP contribution in [-0.4, -0.2) is 20.0 Å². The Kier molecular flexibility index (Phi) is 6.78. The van der Waals surface area contributed by atoms with Crippen LogP contribution in [0.15, 0.2) is 182 Å². The van der Waals surface area contributed by atoms with Gasteiger partial charge in [-0.05, 0) is 108 Å². The molecular weight excluding hydrogens is 621 g/mol. The van der Waals surface area contributed by atoms with Crippen molar-refractivity contribution in [3.63, 3.8) is 0 Å². The first-order valence-corrected chi connectivity index (χ1v) is 17.2. The SMILES string of the molecule is c1ccc(-c2c3ccccc3c(-c3ccccc3)c3cc(-c4cc5nn(-c6ccc(-c7ccncc7)cc6)nc5c5ccccc45)ccc23)cc1. The van der Waals surface area contributed by atoms with Crippen LogP contribution in [0.4, 0.5) is 0 Å². The third kappa shape index (κ3) is 4.88. The monoisotopic (exact) mass is 650 g/mol. The third-order valence-electron chi connectivity index (χ3n) is 9.97. The molecule has 0 aliphatic rings. The number of nitrogens with zero attached hydrogens (tertiary/aromatic N) is 4. The van der Waals surface area contributed by atoms with Gasteiger partial charge in [0.2, 0.25) is 0 Å². The minimum atomic E-state index is 0.855. The summed E-state index contributed by atoms with van der Waals surface area (Å²) in [7, 11) is 0. The second-order valence-electron chi connectivity index (χ2n) is 12.9. The molecule has 0 amide bonds. The van der Waals surface area contributed by atoms with Crippen LogP contribution in [0.2, 0.25) is 0 Å². The predicted octanol–water partition coefficient (Wildman–Crippen LogP) is 11.9. The lowest BCUT2D eigenvalue weighted by atomic mass is 9.84. The van der Waals surface area contributed by atoms with Crippen molar-refractivity contribution in [3.8, 4) is 50.2 Å². The Balaban J connectivity index is 1.20. The van der Waals surface area contributed by atoms with Crippen LogP contribution in [0.5, 0.6) is 0 Å². The summed E-state index contributed by atoms with van der Waals surface area (Å²) in [6, 6.07) is 60.5. The zero-order valence-electron chi connectivity index (χ0n) is 27.6. The highest BCUT2D eigenvalue weighted by molar-refractivity contribution is 6.22. The number of fused-ring (bicyclic) bond motifs is 5. The van der Waals surface area contributed by atoms with Crippen molar-refractivity contribution in [3.05, 3.63) is 182 Å². The predicted molar refractivity (Wildman–Crippen MR) is 211 cm³/mol. The van der Waals surface area contributed by atoms with Crippen molar-refractivity contribution in [1.29, 1.82) is 0 Å². The van der Waals surface area contributed by atoms with E-state index in [2.05, 4.69) is 163 Å². The Morgan fingerprint density at radius 3 is 1.55 bits per heavy atom. The Morgan fingerprint density at radius 2 is 0.882 bits per heavy atom. The summed E-state index contributed by atoms with van der Waals surface area (Å²) in [4.78, 5) is 5.90. The number of rotatable bonds is 5. The Morgan fingerprint density at radius 1 is 0.353 bits per heavy atom. The topological polar surface area (TPSA) is 43.6 Å². The van der Waals surface area contributed by atoms with E-state index in [0.717, 1.165) is 49.7 Å². The molecular formula is C47H30N4. The van der Waals surface area contributed by atoms with Crippen molar-refractivity contribution in [2.75, 3.05) is 0 Å². The van der Waals surface area contributed by atoms with E-state index in [1.807, 2.05) is 24.5 Å². The normalized spacial score (nSPS) is 11.5. The number of aromatic nitrogens is 4. The molecule has 4 heteroatoms. The Bertz CT molecular complexity index is 2880. The molecule has 2 aromatic heterocycles. The average molecular weight is 651 g/mol. The molecule has 4 nitrogen and oxygen atoms in total. The minimum Gasteiger partial charge on any atom is -0.265 e. The van der Waals surface area contributed by atoms with Crippen LogP contribution in [0.25, 0.3) is 93.5 Å². The fraction of sp³-hybridized carbons (Fsp3) is 0. The lowest BCUT2D eigenvalue weighted by Gasteiger charge is -2.19. The zero-order chi connectivity index (χ0) is 33.7. The first-order valence-electron chi connectivity index (χ1n) is 17.2. The molecule has 0 radical (unpaired) electrons. The van der Waals surface area contributed by atoms with Gasteiger partial charge in [0.05, 0.1) is 5.69 Å². The van der Waals surface area contributed by atoms with Crippen LogP contribution in [0.1, 0.15) is 0 Å². The average Bonchev–Trinajstić information content (AvgIpc) is 3.65. The first kappa shape index (κ1) is 29.0. The van der Waals surface area contributed by atoms with E-state index in [1.54, 1.807) is 4.80 Å².